The van der Waals surface area contributed by atoms with E-state index in [1.54, 1.807) is 22.8 Å². The molecule has 0 spiro atoms. The summed E-state index contributed by atoms with van der Waals surface area (Å²) in [5.41, 5.74) is 6.20. The second kappa shape index (κ2) is 10.0. The first-order valence-corrected chi connectivity index (χ1v) is 10.5. The average Bonchev–Trinajstić information content (AvgIpc) is 3.03. The molecule has 0 aliphatic rings. The van der Waals surface area contributed by atoms with Crippen molar-refractivity contribution in [3.05, 3.63) is 58.5 Å². The highest BCUT2D eigenvalue weighted by Gasteiger charge is 2.16. The van der Waals surface area contributed by atoms with Gasteiger partial charge in [-0.2, -0.15) is 0 Å². The number of aromatic nitrogens is 2. The smallest absolute Gasteiger partial charge is 0.329 e. The van der Waals surface area contributed by atoms with Crippen LogP contribution in [0.15, 0.2) is 47.3 Å². The predicted octanol–water partition coefficient (Wildman–Crippen LogP) is 2.47. The van der Waals surface area contributed by atoms with E-state index in [0.717, 1.165) is 11.9 Å². The number of carbonyl (C=O) groups is 2. The first kappa shape index (κ1) is 22.9. The number of rotatable bonds is 8. The number of ether oxygens (including phenoxy) is 2. The van der Waals surface area contributed by atoms with E-state index in [0.29, 0.717) is 23.6 Å². The third kappa shape index (κ3) is 4.93. The standard InChI is InChI=1S/C23H28N4O5/c1-5-12-26-17-8-6-7-9-18(17)27(23(26)30)14-21(28)24-25-22(29)16-10-11-19(32-15(2)3)20(13-16)31-4/h6-11,13,15H,5,12,14H2,1-4H3,(H,24,28)(H,25,29). The van der Waals surface area contributed by atoms with Crippen LogP contribution in [0.4, 0.5) is 0 Å². The highest BCUT2D eigenvalue weighted by molar-refractivity contribution is 5.96. The van der Waals surface area contributed by atoms with Gasteiger partial charge in [-0.3, -0.25) is 29.6 Å². The van der Waals surface area contributed by atoms with Crippen LogP contribution in [-0.4, -0.2) is 34.2 Å². The van der Waals surface area contributed by atoms with Gasteiger partial charge < -0.3 is 9.47 Å². The lowest BCUT2D eigenvalue weighted by atomic mass is 10.2. The van der Waals surface area contributed by atoms with Crippen molar-refractivity contribution in [1.82, 2.24) is 20.0 Å². The highest BCUT2D eigenvalue weighted by atomic mass is 16.5. The van der Waals surface area contributed by atoms with Gasteiger partial charge in [0, 0.05) is 12.1 Å². The number of aryl methyl sites for hydroxylation is 1. The van der Waals surface area contributed by atoms with Crippen LogP contribution in [0.1, 0.15) is 37.6 Å². The second-order valence-electron chi connectivity index (χ2n) is 7.54. The Labute approximate surface area is 185 Å². The Morgan fingerprint density at radius 3 is 2.31 bits per heavy atom. The Morgan fingerprint density at radius 2 is 1.69 bits per heavy atom. The van der Waals surface area contributed by atoms with E-state index < -0.39 is 11.8 Å². The second-order valence-corrected chi connectivity index (χ2v) is 7.54. The molecule has 2 aromatic carbocycles. The zero-order chi connectivity index (χ0) is 23.3. The predicted molar refractivity (Wildman–Crippen MR) is 121 cm³/mol. The number of methoxy groups -OCH3 is 1. The minimum absolute atomic E-state index is 0.0467. The number of imidazole rings is 1. The lowest BCUT2D eigenvalue weighted by Gasteiger charge is -2.14. The third-order valence-corrected chi connectivity index (χ3v) is 4.78. The summed E-state index contributed by atoms with van der Waals surface area (Å²) in [6.45, 7) is 6.10. The molecule has 0 radical (unpaired) electrons. The summed E-state index contributed by atoms with van der Waals surface area (Å²) >= 11 is 0. The maximum absolute atomic E-state index is 12.8. The van der Waals surface area contributed by atoms with Crippen molar-refractivity contribution in [3.63, 3.8) is 0 Å². The molecule has 0 saturated carbocycles. The lowest BCUT2D eigenvalue weighted by Crippen LogP contribution is -2.44. The molecule has 2 N–H and O–H groups in total. The van der Waals surface area contributed by atoms with E-state index in [1.165, 1.54) is 17.7 Å². The molecule has 0 aliphatic heterocycles. The van der Waals surface area contributed by atoms with Crippen LogP contribution in [0, 0.1) is 0 Å². The van der Waals surface area contributed by atoms with Gasteiger partial charge in [-0.1, -0.05) is 19.1 Å². The number of carbonyl (C=O) groups excluding carboxylic acids is 2. The number of hydrogen-bond acceptors (Lipinski definition) is 5. The van der Waals surface area contributed by atoms with E-state index in [-0.39, 0.29) is 23.9 Å². The molecule has 0 aliphatic carbocycles. The van der Waals surface area contributed by atoms with Crippen LogP contribution < -0.4 is 26.0 Å². The molecule has 0 atom stereocenters. The number of amides is 2. The summed E-state index contributed by atoms with van der Waals surface area (Å²) in [4.78, 5) is 37.7. The van der Waals surface area contributed by atoms with Gasteiger partial charge in [-0.05, 0) is 50.6 Å². The van der Waals surface area contributed by atoms with Crippen molar-refractivity contribution in [2.75, 3.05) is 7.11 Å². The summed E-state index contributed by atoms with van der Waals surface area (Å²) in [6.07, 6.45) is 0.746. The molecule has 0 fully saturated rings. The normalized spacial score (nSPS) is 10.9. The largest absolute Gasteiger partial charge is 0.493 e. The Kier molecular flexibility index (Phi) is 7.19. The number of para-hydroxylation sites is 2. The van der Waals surface area contributed by atoms with E-state index in [2.05, 4.69) is 10.9 Å². The Bertz CT molecular complexity index is 1180. The Morgan fingerprint density at radius 1 is 1.00 bits per heavy atom. The zero-order valence-electron chi connectivity index (χ0n) is 18.7. The third-order valence-electron chi connectivity index (χ3n) is 4.78. The molecule has 1 heterocycles. The van der Waals surface area contributed by atoms with Crippen LogP contribution in [-0.2, 0) is 17.9 Å². The fourth-order valence-corrected chi connectivity index (χ4v) is 3.41. The van der Waals surface area contributed by atoms with Crippen molar-refractivity contribution < 1.29 is 19.1 Å². The van der Waals surface area contributed by atoms with Gasteiger partial charge in [-0.15, -0.1) is 0 Å². The fourth-order valence-electron chi connectivity index (χ4n) is 3.41. The molecule has 3 aromatic rings. The Balaban J connectivity index is 1.70. The van der Waals surface area contributed by atoms with Gasteiger partial charge in [-0.25, -0.2) is 4.79 Å². The summed E-state index contributed by atoms with van der Waals surface area (Å²) in [7, 11) is 1.48. The van der Waals surface area contributed by atoms with Crippen molar-refractivity contribution in [2.45, 2.75) is 46.4 Å². The van der Waals surface area contributed by atoms with Crippen molar-refractivity contribution in [1.29, 1.82) is 0 Å². The zero-order valence-corrected chi connectivity index (χ0v) is 18.7. The summed E-state index contributed by atoms with van der Waals surface area (Å²) in [5.74, 6) is -0.112. The molecule has 3 rings (SSSR count). The van der Waals surface area contributed by atoms with Gasteiger partial charge in [0.1, 0.15) is 6.54 Å². The van der Waals surface area contributed by atoms with Gasteiger partial charge >= 0.3 is 5.69 Å². The van der Waals surface area contributed by atoms with Gasteiger partial charge in [0.25, 0.3) is 11.8 Å². The lowest BCUT2D eigenvalue weighted by molar-refractivity contribution is -0.122. The minimum atomic E-state index is -0.522. The Hall–Kier alpha value is -3.75. The molecule has 0 saturated heterocycles. The molecular weight excluding hydrogens is 412 g/mol. The molecule has 9 heteroatoms. The molecule has 170 valence electrons. The average molecular weight is 441 g/mol. The highest BCUT2D eigenvalue weighted by Crippen LogP contribution is 2.28. The molecule has 2 amide bonds. The maximum Gasteiger partial charge on any atom is 0.329 e. The van der Waals surface area contributed by atoms with E-state index in [4.69, 9.17) is 9.47 Å². The molecule has 0 bridgehead atoms. The van der Waals surface area contributed by atoms with Crippen LogP contribution in [0.2, 0.25) is 0 Å². The minimum Gasteiger partial charge on any atom is -0.493 e. The number of hydrogen-bond donors (Lipinski definition) is 2. The van der Waals surface area contributed by atoms with Crippen molar-refractivity contribution in [2.24, 2.45) is 0 Å². The van der Waals surface area contributed by atoms with Gasteiger partial charge in [0.2, 0.25) is 0 Å². The van der Waals surface area contributed by atoms with E-state index >= 15 is 0 Å². The van der Waals surface area contributed by atoms with Crippen molar-refractivity contribution in [3.8, 4) is 11.5 Å². The topological polar surface area (TPSA) is 104 Å². The summed E-state index contributed by atoms with van der Waals surface area (Å²) < 4.78 is 14.0. The number of nitrogens with one attached hydrogen (secondary N) is 2. The van der Waals surface area contributed by atoms with Gasteiger partial charge in [0.15, 0.2) is 11.5 Å². The van der Waals surface area contributed by atoms with Crippen molar-refractivity contribution >= 4 is 22.8 Å². The van der Waals surface area contributed by atoms with Crippen LogP contribution >= 0.6 is 0 Å². The van der Waals surface area contributed by atoms with Crippen LogP contribution in [0.3, 0.4) is 0 Å². The molecule has 1 aromatic heterocycles. The van der Waals surface area contributed by atoms with Crippen LogP contribution in [0.25, 0.3) is 11.0 Å². The SMILES string of the molecule is CCCn1c(=O)n(CC(=O)NNC(=O)c2ccc(OC(C)C)c(OC)c2)c2ccccc21. The van der Waals surface area contributed by atoms with Crippen LogP contribution in [0.5, 0.6) is 11.5 Å². The monoisotopic (exact) mass is 440 g/mol. The first-order valence-electron chi connectivity index (χ1n) is 10.5. The summed E-state index contributed by atoms with van der Waals surface area (Å²) in [5, 5.41) is 0. The fraction of sp³-hybridized carbons (Fsp3) is 0.348. The number of hydrazine groups is 1. The number of fused-ring (bicyclic) bond motifs is 1. The number of nitrogens with zero attached hydrogens (tertiary/aromatic N) is 2. The maximum atomic E-state index is 12.8. The summed E-state index contributed by atoms with van der Waals surface area (Å²) in [6, 6.07) is 12.0. The molecule has 0 unspecified atom stereocenters. The molecular formula is C23H28N4O5. The van der Waals surface area contributed by atoms with E-state index in [9.17, 15) is 14.4 Å². The number of benzene rings is 2. The molecule has 9 nitrogen and oxygen atoms in total. The van der Waals surface area contributed by atoms with E-state index in [1.807, 2.05) is 39.0 Å². The van der Waals surface area contributed by atoms with Gasteiger partial charge in [0.05, 0.1) is 24.2 Å². The first-order chi connectivity index (χ1) is 15.3. The molecule has 32 heavy (non-hydrogen) atoms. The quantitative estimate of drug-likeness (QED) is 0.524.